The molecule has 1 aromatic carbocycles. The first-order valence-corrected chi connectivity index (χ1v) is 6.38. The summed E-state index contributed by atoms with van der Waals surface area (Å²) in [5.74, 6) is 1.26. The zero-order chi connectivity index (χ0) is 13.5. The number of aromatic nitrogens is 1. The number of hydrogen-bond acceptors (Lipinski definition) is 4. The highest BCUT2D eigenvalue weighted by molar-refractivity contribution is 5.39. The van der Waals surface area contributed by atoms with Crippen LogP contribution < -0.4 is 10.2 Å². The number of hydrogen-bond donors (Lipinski definition) is 2. The molecular formula is C15H19N3O. The molecule has 0 aliphatic heterocycles. The molecule has 19 heavy (non-hydrogen) atoms. The van der Waals surface area contributed by atoms with Gasteiger partial charge in [-0.05, 0) is 36.9 Å². The molecule has 2 aromatic rings. The average Bonchev–Trinajstić information content (AvgIpc) is 2.46. The lowest BCUT2D eigenvalue weighted by Crippen LogP contribution is -2.30. The van der Waals surface area contributed by atoms with E-state index in [2.05, 4.69) is 15.2 Å². The highest BCUT2D eigenvalue weighted by atomic mass is 16.3. The van der Waals surface area contributed by atoms with Gasteiger partial charge in [-0.1, -0.05) is 18.2 Å². The van der Waals surface area contributed by atoms with E-state index in [1.807, 2.05) is 37.4 Å². The molecule has 1 aromatic heterocycles. The molecule has 0 fully saturated rings. The fourth-order valence-corrected chi connectivity index (χ4v) is 1.88. The Bertz CT molecular complexity index is 485. The van der Waals surface area contributed by atoms with Gasteiger partial charge in [-0.15, -0.1) is 0 Å². The highest BCUT2D eigenvalue weighted by Crippen LogP contribution is 2.15. The van der Waals surface area contributed by atoms with Gasteiger partial charge in [0.2, 0.25) is 0 Å². The van der Waals surface area contributed by atoms with E-state index in [9.17, 15) is 5.11 Å². The van der Waals surface area contributed by atoms with E-state index in [-0.39, 0.29) is 0 Å². The Labute approximate surface area is 113 Å². The van der Waals surface area contributed by atoms with Gasteiger partial charge in [0.05, 0.1) is 0 Å². The van der Waals surface area contributed by atoms with Gasteiger partial charge in [-0.2, -0.15) is 0 Å². The summed E-state index contributed by atoms with van der Waals surface area (Å²) < 4.78 is 0. The maximum Gasteiger partial charge on any atom is 0.128 e. The molecule has 0 saturated carbocycles. The molecule has 0 atom stereocenters. The van der Waals surface area contributed by atoms with Crippen LogP contribution in [0, 0.1) is 0 Å². The van der Waals surface area contributed by atoms with Crippen LogP contribution in [-0.2, 0) is 6.54 Å². The molecule has 0 saturated heterocycles. The number of likely N-dealkylation sites (N-methyl/N-ethyl adjacent to an activating group) is 1. The SMILES string of the molecule is CNCCN(Cc1ccc(O)cc1)c1ccccn1. The predicted octanol–water partition coefficient (Wildman–Crippen LogP) is 2.01. The van der Waals surface area contributed by atoms with E-state index in [1.165, 1.54) is 0 Å². The molecule has 0 spiro atoms. The van der Waals surface area contributed by atoms with Crippen LogP contribution in [0.3, 0.4) is 0 Å². The fraction of sp³-hybridized carbons (Fsp3) is 0.267. The Hall–Kier alpha value is -2.07. The van der Waals surface area contributed by atoms with Gasteiger partial charge >= 0.3 is 0 Å². The second kappa shape index (κ2) is 6.75. The molecule has 2 N–H and O–H groups in total. The summed E-state index contributed by atoms with van der Waals surface area (Å²) in [6.45, 7) is 2.56. The Balaban J connectivity index is 2.11. The normalized spacial score (nSPS) is 10.4. The Morgan fingerprint density at radius 2 is 1.95 bits per heavy atom. The van der Waals surface area contributed by atoms with E-state index in [0.29, 0.717) is 5.75 Å². The van der Waals surface area contributed by atoms with Crippen LogP contribution in [0.2, 0.25) is 0 Å². The third-order valence-electron chi connectivity index (χ3n) is 2.91. The quantitative estimate of drug-likeness (QED) is 0.831. The van der Waals surface area contributed by atoms with Gasteiger partial charge in [-0.3, -0.25) is 0 Å². The monoisotopic (exact) mass is 257 g/mol. The number of nitrogens with one attached hydrogen (secondary N) is 1. The summed E-state index contributed by atoms with van der Waals surface area (Å²) in [5, 5.41) is 12.5. The lowest BCUT2D eigenvalue weighted by Gasteiger charge is -2.23. The van der Waals surface area contributed by atoms with E-state index in [4.69, 9.17) is 0 Å². The second-order valence-electron chi connectivity index (χ2n) is 4.38. The van der Waals surface area contributed by atoms with E-state index >= 15 is 0 Å². The molecule has 0 bridgehead atoms. The van der Waals surface area contributed by atoms with Gasteiger partial charge in [0.15, 0.2) is 0 Å². The highest BCUT2D eigenvalue weighted by Gasteiger charge is 2.07. The van der Waals surface area contributed by atoms with E-state index < -0.39 is 0 Å². The number of pyridine rings is 1. The van der Waals surface area contributed by atoms with Crippen LogP contribution in [0.1, 0.15) is 5.56 Å². The lowest BCUT2D eigenvalue weighted by atomic mass is 10.2. The first kappa shape index (κ1) is 13.4. The molecule has 2 rings (SSSR count). The minimum absolute atomic E-state index is 0.295. The van der Waals surface area contributed by atoms with Crippen LogP contribution in [0.5, 0.6) is 5.75 Å². The lowest BCUT2D eigenvalue weighted by molar-refractivity contribution is 0.475. The van der Waals surface area contributed by atoms with Crippen LogP contribution in [-0.4, -0.2) is 30.2 Å². The molecule has 1 heterocycles. The number of phenolic OH excluding ortho intramolecular Hbond substituents is 1. The minimum Gasteiger partial charge on any atom is -0.508 e. The topological polar surface area (TPSA) is 48.4 Å². The number of phenols is 1. The van der Waals surface area contributed by atoms with Crippen molar-refractivity contribution in [2.24, 2.45) is 0 Å². The Morgan fingerprint density at radius 3 is 2.58 bits per heavy atom. The van der Waals surface area contributed by atoms with Crippen molar-refractivity contribution in [1.29, 1.82) is 0 Å². The van der Waals surface area contributed by atoms with Crippen LogP contribution in [0.4, 0.5) is 5.82 Å². The molecule has 0 aliphatic rings. The standard InChI is InChI=1S/C15H19N3O/c1-16-10-11-18(15-4-2-3-9-17-15)12-13-5-7-14(19)8-6-13/h2-9,16,19H,10-12H2,1H3. The number of rotatable bonds is 6. The summed E-state index contributed by atoms with van der Waals surface area (Å²) in [5.41, 5.74) is 1.15. The first-order valence-electron chi connectivity index (χ1n) is 6.38. The number of aromatic hydroxyl groups is 1. The fourth-order valence-electron chi connectivity index (χ4n) is 1.88. The van der Waals surface area contributed by atoms with Crippen molar-refractivity contribution in [2.45, 2.75) is 6.54 Å². The third-order valence-corrected chi connectivity index (χ3v) is 2.91. The molecule has 0 aliphatic carbocycles. The van der Waals surface area contributed by atoms with Crippen molar-refractivity contribution in [2.75, 3.05) is 25.0 Å². The van der Waals surface area contributed by atoms with Crippen molar-refractivity contribution in [3.05, 3.63) is 54.2 Å². The third kappa shape index (κ3) is 3.96. The maximum atomic E-state index is 9.31. The maximum absolute atomic E-state index is 9.31. The minimum atomic E-state index is 0.295. The van der Waals surface area contributed by atoms with Crippen LogP contribution in [0.15, 0.2) is 48.7 Å². The van der Waals surface area contributed by atoms with Gasteiger partial charge < -0.3 is 15.3 Å². The molecule has 0 radical (unpaired) electrons. The number of nitrogens with zero attached hydrogens (tertiary/aromatic N) is 2. The first-order chi connectivity index (χ1) is 9.29. The van der Waals surface area contributed by atoms with Gasteiger partial charge in [0.25, 0.3) is 0 Å². The molecule has 0 unspecified atom stereocenters. The summed E-state index contributed by atoms with van der Waals surface area (Å²) in [6.07, 6.45) is 1.80. The molecule has 0 amide bonds. The molecule has 100 valence electrons. The smallest absolute Gasteiger partial charge is 0.128 e. The average molecular weight is 257 g/mol. The van der Waals surface area contributed by atoms with Crippen molar-refractivity contribution < 1.29 is 5.11 Å². The largest absolute Gasteiger partial charge is 0.508 e. The van der Waals surface area contributed by atoms with Crippen molar-refractivity contribution in [1.82, 2.24) is 10.3 Å². The van der Waals surface area contributed by atoms with Crippen molar-refractivity contribution >= 4 is 5.82 Å². The summed E-state index contributed by atoms with van der Waals surface area (Å²) >= 11 is 0. The van der Waals surface area contributed by atoms with Gasteiger partial charge in [0.1, 0.15) is 11.6 Å². The summed E-state index contributed by atoms with van der Waals surface area (Å²) in [6, 6.07) is 13.2. The van der Waals surface area contributed by atoms with Crippen molar-refractivity contribution in [3.63, 3.8) is 0 Å². The zero-order valence-corrected chi connectivity index (χ0v) is 11.1. The molecular weight excluding hydrogens is 238 g/mol. The van der Waals surface area contributed by atoms with Crippen molar-refractivity contribution in [3.8, 4) is 5.75 Å². The van der Waals surface area contributed by atoms with Crippen LogP contribution in [0.25, 0.3) is 0 Å². The second-order valence-corrected chi connectivity index (χ2v) is 4.38. The zero-order valence-electron chi connectivity index (χ0n) is 11.1. The molecule has 4 heteroatoms. The van der Waals surface area contributed by atoms with E-state index in [0.717, 1.165) is 31.0 Å². The van der Waals surface area contributed by atoms with Gasteiger partial charge in [-0.25, -0.2) is 4.98 Å². The summed E-state index contributed by atoms with van der Waals surface area (Å²) in [7, 11) is 1.94. The number of benzene rings is 1. The van der Waals surface area contributed by atoms with Gasteiger partial charge in [0, 0.05) is 25.8 Å². The predicted molar refractivity (Wildman–Crippen MR) is 77.3 cm³/mol. The van der Waals surface area contributed by atoms with Crippen LogP contribution >= 0.6 is 0 Å². The molecule has 4 nitrogen and oxygen atoms in total. The Morgan fingerprint density at radius 1 is 1.16 bits per heavy atom. The van der Waals surface area contributed by atoms with E-state index in [1.54, 1.807) is 18.3 Å². The number of anilines is 1. The Kier molecular flexibility index (Phi) is 4.75. The summed E-state index contributed by atoms with van der Waals surface area (Å²) in [4.78, 5) is 6.61.